The summed E-state index contributed by atoms with van der Waals surface area (Å²) in [6.07, 6.45) is 4.38. The van der Waals surface area contributed by atoms with E-state index in [1.165, 1.54) is 12.8 Å². The van der Waals surface area contributed by atoms with Crippen LogP contribution in [0.4, 0.5) is 0 Å². The highest BCUT2D eigenvalue weighted by Gasteiger charge is 1.95. The van der Waals surface area contributed by atoms with Crippen molar-refractivity contribution in [2.75, 3.05) is 6.54 Å². The molecule has 1 rings (SSSR count). The minimum atomic E-state index is 0.827. The fourth-order valence-corrected chi connectivity index (χ4v) is 0.995. The van der Waals surface area contributed by atoms with Gasteiger partial charge in [0.15, 0.2) is 0 Å². The van der Waals surface area contributed by atoms with Crippen molar-refractivity contribution in [1.29, 1.82) is 0 Å². The average Bonchev–Trinajstić information content (AvgIpc) is 2.45. The quantitative estimate of drug-likeness (QED) is 0.658. The lowest BCUT2D eigenvalue weighted by Gasteiger charge is -1.98. The third-order valence-electron chi connectivity index (χ3n) is 1.66. The molecule has 0 amide bonds. The number of aromatic nitrogens is 3. The van der Waals surface area contributed by atoms with Gasteiger partial charge in [-0.25, -0.2) is 0 Å². The summed E-state index contributed by atoms with van der Waals surface area (Å²) in [4.78, 5) is 0. The maximum absolute atomic E-state index is 3.96. The normalized spacial score (nSPS) is 10.5. The number of rotatable bonds is 5. The van der Waals surface area contributed by atoms with Crippen molar-refractivity contribution < 1.29 is 0 Å². The van der Waals surface area contributed by atoms with Crippen molar-refractivity contribution in [1.82, 2.24) is 20.3 Å². The van der Waals surface area contributed by atoms with Crippen molar-refractivity contribution in [3.05, 3.63) is 11.9 Å². The first-order valence-electron chi connectivity index (χ1n) is 4.39. The van der Waals surface area contributed by atoms with E-state index in [0.717, 1.165) is 18.8 Å². The number of aryl methyl sites for hydroxylation is 1. The van der Waals surface area contributed by atoms with Crippen LogP contribution in [0.25, 0.3) is 0 Å². The first kappa shape index (κ1) is 9.19. The zero-order chi connectivity index (χ0) is 8.81. The maximum atomic E-state index is 3.96. The molecule has 0 aliphatic heterocycles. The monoisotopic (exact) mass is 168 g/mol. The van der Waals surface area contributed by atoms with E-state index in [-0.39, 0.29) is 0 Å². The molecule has 0 bridgehead atoms. The van der Waals surface area contributed by atoms with Crippen LogP contribution < -0.4 is 5.32 Å². The van der Waals surface area contributed by atoms with Gasteiger partial charge in [-0.1, -0.05) is 18.6 Å². The molecule has 1 heterocycles. The second-order valence-electron chi connectivity index (χ2n) is 2.91. The van der Waals surface area contributed by atoms with Crippen LogP contribution in [0.2, 0.25) is 0 Å². The molecule has 68 valence electrons. The Balaban J connectivity index is 2.15. The lowest BCUT2D eigenvalue weighted by molar-refractivity contribution is 0.631. The summed E-state index contributed by atoms with van der Waals surface area (Å²) >= 11 is 0. The third kappa shape index (κ3) is 3.00. The first-order valence-corrected chi connectivity index (χ1v) is 4.39. The smallest absolute Gasteiger partial charge is 0.0964 e. The molecule has 0 aliphatic carbocycles. The molecular weight excluding hydrogens is 152 g/mol. The fraction of sp³-hybridized carbons (Fsp3) is 0.750. The molecule has 0 saturated carbocycles. The Morgan fingerprint density at radius 3 is 3.00 bits per heavy atom. The fourth-order valence-electron chi connectivity index (χ4n) is 0.995. The van der Waals surface area contributed by atoms with Gasteiger partial charge in [0.25, 0.3) is 0 Å². The molecule has 0 radical (unpaired) electrons. The average molecular weight is 168 g/mol. The lowest BCUT2D eigenvalue weighted by atomic mass is 10.3. The summed E-state index contributed by atoms with van der Waals surface area (Å²) in [5.74, 6) is 0. The summed E-state index contributed by atoms with van der Waals surface area (Å²) in [6, 6.07) is 0. The molecule has 12 heavy (non-hydrogen) atoms. The molecule has 0 atom stereocenters. The van der Waals surface area contributed by atoms with Gasteiger partial charge < -0.3 is 5.32 Å². The van der Waals surface area contributed by atoms with Gasteiger partial charge in [0.1, 0.15) is 0 Å². The van der Waals surface area contributed by atoms with Crippen LogP contribution in [0, 0.1) is 0 Å². The Kier molecular flexibility index (Phi) is 3.73. The van der Waals surface area contributed by atoms with Gasteiger partial charge >= 0.3 is 0 Å². The number of nitrogens with one attached hydrogen (secondary N) is 1. The van der Waals surface area contributed by atoms with Crippen molar-refractivity contribution in [2.45, 2.75) is 26.3 Å². The SMILES string of the molecule is CCCCNCc1cn(C)nn1. The Hall–Kier alpha value is -0.900. The Morgan fingerprint density at radius 1 is 1.58 bits per heavy atom. The topological polar surface area (TPSA) is 42.7 Å². The van der Waals surface area contributed by atoms with Crippen LogP contribution in [-0.2, 0) is 13.6 Å². The highest BCUT2D eigenvalue weighted by molar-refractivity contribution is 4.90. The van der Waals surface area contributed by atoms with E-state index in [2.05, 4.69) is 22.6 Å². The van der Waals surface area contributed by atoms with E-state index in [0.29, 0.717) is 0 Å². The van der Waals surface area contributed by atoms with Gasteiger partial charge in [0.05, 0.1) is 5.69 Å². The Labute approximate surface area is 73.0 Å². The van der Waals surface area contributed by atoms with Crippen LogP contribution in [0.1, 0.15) is 25.5 Å². The van der Waals surface area contributed by atoms with Gasteiger partial charge in [-0.15, -0.1) is 5.10 Å². The standard InChI is InChI=1S/C8H16N4/c1-3-4-5-9-6-8-7-12(2)11-10-8/h7,9H,3-6H2,1-2H3. The lowest BCUT2D eigenvalue weighted by Crippen LogP contribution is -2.14. The number of hydrogen-bond acceptors (Lipinski definition) is 3. The van der Waals surface area contributed by atoms with Crippen LogP contribution in [0.15, 0.2) is 6.20 Å². The van der Waals surface area contributed by atoms with E-state index in [1.807, 2.05) is 13.2 Å². The number of nitrogens with zero attached hydrogens (tertiary/aromatic N) is 3. The molecular formula is C8H16N4. The van der Waals surface area contributed by atoms with E-state index in [1.54, 1.807) is 4.68 Å². The van der Waals surface area contributed by atoms with Gasteiger partial charge in [-0.3, -0.25) is 4.68 Å². The van der Waals surface area contributed by atoms with Crippen LogP contribution >= 0.6 is 0 Å². The molecule has 1 aromatic rings. The molecule has 0 saturated heterocycles. The molecule has 0 fully saturated rings. The molecule has 1 N–H and O–H groups in total. The summed E-state index contributed by atoms with van der Waals surface area (Å²) in [5, 5.41) is 11.1. The van der Waals surface area contributed by atoms with E-state index in [4.69, 9.17) is 0 Å². The second kappa shape index (κ2) is 4.87. The summed E-state index contributed by atoms with van der Waals surface area (Å²) in [5.41, 5.74) is 1.01. The summed E-state index contributed by atoms with van der Waals surface area (Å²) in [6.45, 7) is 4.07. The Morgan fingerprint density at radius 2 is 2.42 bits per heavy atom. The molecule has 0 aromatic carbocycles. The highest BCUT2D eigenvalue weighted by atomic mass is 15.4. The van der Waals surface area contributed by atoms with Gasteiger partial charge in [-0.05, 0) is 13.0 Å². The second-order valence-corrected chi connectivity index (χ2v) is 2.91. The number of hydrogen-bond donors (Lipinski definition) is 1. The maximum Gasteiger partial charge on any atom is 0.0964 e. The zero-order valence-corrected chi connectivity index (χ0v) is 7.75. The van der Waals surface area contributed by atoms with Crippen molar-refractivity contribution in [3.8, 4) is 0 Å². The van der Waals surface area contributed by atoms with E-state index in [9.17, 15) is 0 Å². The minimum Gasteiger partial charge on any atom is -0.311 e. The van der Waals surface area contributed by atoms with Gasteiger partial charge in [0, 0.05) is 19.8 Å². The van der Waals surface area contributed by atoms with E-state index >= 15 is 0 Å². The van der Waals surface area contributed by atoms with Crippen LogP contribution in [0.3, 0.4) is 0 Å². The molecule has 0 aliphatic rings. The van der Waals surface area contributed by atoms with E-state index < -0.39 is 0 Å². The summed E-state index contributed by atoms with van der Waals surface area (Å²) in [7, 11) is 1.88. The predicted molar refractivity (Wildman–Crippen MR) is 47.6 cm³/mol. The van der Waals surface area contributed by atoms with Gasteiger partial charge in [-0.2, -0.15) is 0 Å². The zero-order valence-electron chi connectivity index (χ0n) is 7.75. The molecule has 0 unspecified atom stereocenters. The van der Waals surface area contributed by atoms with Gasteiger partial charge in [0.2, 0.25) is 0 Å². The van der Waals surface area contributed by atoms with Crippen LogP contribution in [-0.4, -0.2) is 21.5 Å². The van der Waals surface area contributed by atoms with Crippen molar-refractivity contribution in [3.63, 3.8) is 0 Å². The largest absolute Gasteiger partial charge is 0.311 e. The molecule has 4 nitrogen and oxygen atoms in total. The van der Waals surface area contributed by atoms with Crippen LogP contribution in [0.5, 0.6) is 0 Å². The predicted octanol–water partition coefficient (Wildman–Crippen LogP) is 0.705. The third-order valence-corrected chi connectivity index (χ3v) is 1.66. The first-order chi connectivity index (χ1) is 5.83. The van der Waals surface area contributed by atoms with Crippen molar-refractivity contribution >= 4 is 0 Å². The minimum absolute atomic E-state index is 0.827. The molecule has 1 aromatic heterocycles. The number of unbranched alkanes of at least 4 members (excludes halogenated alkanes) is 1. The summed E-state index contributed by atoms with van der Waals surface area (Å²) < 4.78 is 1.72. The van der Waals surface area contributed by atoms with Crippen molar-refractivity contribution in [2.24, 2.45) is 7.05 Å². The Bertz CT molecular complexity index is 219. The highest BCUT2D eigenvalue weighted by Crippen LogP contribution is 1.90. The molecule has 0 spiro atoms. The molecule has 4 heteroatoms.